The van der Waals surface area contributed by atoms with Crippen molar-refractivity contribution in [3.8, 4) is 11.3 Å². The van der Waals surface area contributed by atoms with Crippen LogP contribution in [0.3, 0.4) is 0 Å². The molecule has 0 aliphatic heterocycles. The average molecular weight is 451 g/mol. The van der Waals surface area contributed by atoms with E-state index in [0.717, 1.165) is 23.3 Å². The van der Waals surface area contributed by atoms with E-state index in [1.54, 1.807) is 43.8 Å². The van der Waals surface area contributed by atoms with Gasteiger partial charge in [0, 0.05) is 30.6 Å². The second-order valence-electron chi connectivity index (χ2n) is 7.26. The minimum absolute atomic E-state index is 0.0258. The first-order valence-electron chi connectivity index (χ1n) is 9.80. The molecule has 1 N–H and O–H groups in total. The van der Waals surface area contributed by atoms with Gasteiger partial charge in [0.05, 0.1) is 24.7 Å². The van der Waals surface area contributed by atoms with Gasteiger partial charge in [0.15, 0.2) is 11.6 Å². The Balaban J connectivity index is 1.69. The number of methoxy groups -OCH3 is 1. The van der Waals surface area contributed by atoms with Crippen LogP contribution in [0.25, 0.3) is 16.9 Å². The molecule has 0 spiro atoms. The number of ether oxygens (including phenoxy) is 1. The first-order valence-corrected chi connectivity index (χ1v) is 9.80. The second kappa shape index (κ2) is 8.65. The predicted octanol–water partition coefficient (Wildman–Crippen LogP) is 4.44. The Morgan fingerprint density at radius 2 is 1.85 bits per heavy atom. The highest BCUT2D eigenvalue weighted by Gasteiger charge is 2.18. The highest BCUT2D eigenvalue weighted by Crippen LogP contribution is 2.27. The summed E-state index contributed by atoms with van der Waals surface area (Å²) in [6, 6.07) is 8.20. The zero-order valence-electron chi connectivity index (χ0n) is 18.0. The number of imidazole rings is 1. The molecule has 0 bridgehead atoms. The van der Waals surface area contributed by atoms with Crippen molar-refractivity contribution >= 4 is 29.2 Å². The van der Waals surface area contributed by atoms with E-state index in [1.807, 2.05) is 11.3 Å². The minimum atomic E-state index is -1.09. The topological polar surface area (TPSA) is 88.8 Å². The Bertz CT molecular complexity index is 1370. The lowest BCUT2D eigenvalue weighted by atomic mass is 10.1. The molecule has 4 rings (SSSR count). The summed E-state index contributed by atoms with van der Waals surface area (Å²) >= 11 is 0. The molecular weight excluding hydrogens is 432 g/mol. The van der Waals surface area contributed by atoms with E-state index in [1.165, 1.54) is 18.1 Å². The number of hydrogen-bond acceptors (Lipinski definition) is 5. The van der Waals surface area contributed by atoms with Crippen LogP contribution in [0.1, 0.15) is 15.9 Å². The molecular formula is C23H19F2N5O3. The largest absolute Gasteiger partial charge is 0.453 e. The van der Waals surface area contributed by atoms with Crippen LogP contribution in [0.15, 0.2) is 55.0 Å². The highest BCUT2D eigenvalue weighted by molar-refractivity contribution is 6.05. The number of pyridine rings is 2. The number of benzene rings is 1. The molecule has 33 heavy (non-hydrogen) atoms. The monoisotopic (exact) mass is 451 g/mol. The van der Waals surface area contributed by atoms with E-state index in [2.05, 4.69) is 20.0 Å². The van der Waals surface area contributed by atoms with Gasteiger partial charge in [0.1, 0.15) is 11.5 Å². The maximum absolute atomic E-state index is 13.6. The van der Waals surface area contributed by atoms with E-state index < -0.39 is 23.6 Å². The normalized spacial score (nSPS) is 10.8. The molecule has 0 fully saturated rings. The molecule has 10 heteroatoms. The summed E-state index contributed by atoms with van der Waals surface area (Å²) in [5, 5.41) is 2.48. The number of rotatable bonds is 4. The number of anilines is 2. The Morgan fingerprint density at radius 3 is 2.52 bits per heavy atom. The van der Waals surface area contributed by atoms with Gasteiger partial charge in [-0.1, -0.05) is 0 Å². The molecule has 0 radical (unpaired) electrons. The summed E-state index contributed by atoms with van der Waals surface area (Å²) in [4.78, 5) is 34.2. The van der Waals surface area contributed by atoms with Gasteiger partial charge in [-0.15, -0.1) is 0 Å². The molecule has 2 amide bonds. The molecule has 4 aromatic rings. The minimum Gasteiger partial charge on any atom is -0.453 e. The van der Waals surface area contributed by atoms with Crippen molar-refractivity contribution in [3.05, 3.63) is 77.8 Å². The first-order chi connectivity index (χ1) is 15.8. The highest BCUT2D eigenvalue weighted by atomic mass is 19.2. The lowest BCUT2D eigenvalue weighted by Crippen LogP contribution is -2.26. The fraction of sp³-hybridized carbons (Fsp3) is 0.130. The Kier molecular flexibility index (Phi) is 5.74. The van der Waals surface area contributed by atoms with Gasteiger partial charge in [0.25, 0.3) is 5.91 Å². The lowest BCUT2D eigenvalue weighted by Gasteiger charge is -2.19. The molecule has 1 aromatic carbocycles. The van der Waals surface area contributed by atoms with Gasteiger partial charge in [-0.3, -0.25) is 14.5 Å². The molecule has 0 aliphatic rings. The van der Waals surface area contributed by atoms with Gasteiger partial charge in [-0.05, 0) is 48.9 Å². The van der Waals surface area contributed by atoms with E-state index in [4.69, 9.17) is 0 Å². The summed E-state index contributed by atoms with van der Waals surface area (Å²) in [5.41, 5.74) is 3.48. The third-order valence-electron chi connectivity index (χ3n) is 5.11. The first kappa shape index (κ1) is 21.9. The Labute approximate surface area is 187 Å². The second-order valence-corrected chi connectivity index (χ2v) is 7.26. The number of carbonyl (C=O) groups is 2. The predicted molar refractivity (Wildman–Crippen MR) is 118 cm³/mol. The number of fused-ring (bicyclic) bond motifs is 1. The van der Waals surface area contributed by atoms with E-state index in [9.17, 15) is 18.4 Å². The molecule has 0 aliphatic carbocycles. The number of carbonyl (C=O) groups excluding carboxylic acids is 2. The van der Waals surface area contributed by atoms with Crippen molar-refractivity contribution in [2.24, 2.45) is 0 Å². The van der Waals surface area contributed by atoms with E-state index in [0.29, 0.717) is 22.8 Å². The molecule has 0 saturated heterocycles. The van der Waals surface area contributed by atoms with E-state index in [-0.39, 0.29) is 5.56 Å². The number of hydrogen-bond donors (Lipinski definition) is 1. The van der Waals surface area contributed by atoms with Gasteiger partial charge in [0.2, 0.25) is 0 Å². The molecule has 168 valence electrons. The van der Waals surface area contributed by atoms with Crippen molar-refractivity contribution in [3.63, 3.8) is 0 Å². The van der Waals surface area contributed by atoms with Crippen LogP contribution >= 0.6 is 0 Å². The smallest absolute Gasteiger partial charge is 0.412 e. The number of aromatic nitrogens is 3. The van der Waals surface area contributed by atoms with Crippen LogP contribution in [0.2, 0.25) is 0 Å². The molecule has 0 saturated carbocycles. The zero-order valence-corrected chi connectivity index (χ0v) is 18.0. The maximum atomic E-state index is 13.6. The lowest BCUT2D eigenvalue weighted by molar-refractivity contribution is 0.0992. The van der Waals surface area contributed by atoms with Gasteiger partial charge >= 0.3 is 6.09 Å². The van der Waals surface area contributed by atoms with Crippen molar-refractivity contribution < 1.29 is 23.1 Å². The Hall–Kier alpha value is -4.34. The number of amides is 2. The van der Waals surface area contributed by atoms with Crippen LogP contribution in [0.4, 0.5) is 25.1 Å². The third-order valence-corrected chi connectivity index (χ3v) is 5.11. The third kappa shape index (κ3) is 4.22. The maximum Gasteiger partial charge on any atom is 0.412 e. The average Bonchev–Trinajstić information content (AvgIpc) is 3.25. The van der Waals surface area contributed by atoms with Crippen molar-refractivity contribution in [2.75, 3.05) is 24.4 Å². The standard InChI is InChI=1S/C23H19F2N5O3/c1-13-8-16(29(2)22(31)14-4-6-17(24)18(25)9-14)12-30-19(11-27-21(13)30)15-5-7-20(26-10-15)28-23(32)33-3/h4-12H,1-3H3,(H,26,28,32). The molecule has 3 aromatic heterocycles. The van der Waals surface area contributed by atoms with Gasteiger partial charge < -0.3 is 9.64 Å². The van der Waals surface area contributed by atoms with Crippen molar-refractivity contribution in [1.29, 1.82) is 0 Å². The summed E-state index contributed by atoms with van der Waals surface area (Å²) in [5.74, 6) is -2.27. The van der Waals surface area contributed by atoms with Crippen LogP contribution in [0.5, 0.6) is 0 Å². The zero-order chi connectivity index (χ0) is 23.7. The van der Waals surface area contributed by atoms with Crippen molar-refractivity contribution in [2.45, 2.75) is 6.92 Å². The molecule has 3 heterocycles. The SMILES string of the molecule is COC(=O)Nc1ccc(-c2cnc3c(C)cc(N(C)C(=O)c4ccc(F)c(F)c4)cn23)cn1. The molecule has 0 unspecified atom stereocenters. The number of nitrogens with one attached hydrogen (secondary N) is 1. The summed E-state index contributed by atoms with van der Waals surface area (Å²) in [6.45, 7) is 1.85. The fourth-order valence-corrected chi connectivity index (χ4v) is 3.35. The van der Waals surface area contributed by atoms with Crippen LogP contribution < -0.4 is 10.2 Å². The number of aryl methyl sites for hydroxylation is 1. The number of nitrogens with zero attached hydrogens (tertiary/aromatic N) is 4. The fourth-order valence-electron chi connectivity index (χ4n) is 3.35. The van der Waals surface area contributed by atoms with Crippen LogP contribution in [-0.2, 0) is 4.74 Å². The van der Waals surface area contributed by atoms with E-state index >= 15 is 0 Å². The van der Waals surface area contributed by atoms with Crippen LogP contribution in [-0.4, -0.2) is 40.5 Å². The Morgan fingerprint density at radius 1 is 1.06 bits per heavy atom. The van der Waals surface area contributed by atoms with Crippen molar-refractivity contribution in [1.82, 2.24) is 14.4 Å². The molecule has 0 atom stereocenters. The summed E-state index contributed by atoms with van der Waals surface area (Å²) < 4.78 is 33.2. The van der Waals surface area contributed by atoms with Crippen LogP contribution in [0, 0.1) is 18.6 Å². The quantitative estimate of drug-likeness (QED) is 0.496. The number of halogens is 2. The summed E-state index contributed by atoms with van der Waals surface area (Å²) in [6.07, 6.45) is 4.35. The van der Waals surface area contributed by atoms with Gasteiger partial charge in [-0.2, -0.15) is 0 Å². The summed E-state index contributed by atoms with van der Waals surface area (Å²) in [7, 11) is 2.81. The van der Waals surface area contributed by atoms with Gasteiger partial charge in [-0.25, -0.2) is 23.5 Å². The molecule has 8 nitrogen and oxygen atoms in total.